The van der Waals surface area contributed by atoms with E-state index in [2.05, 4.69) is 0 Å². The molecule has 34 heavy (non-hydrogen) atoms. The van der Waals surface area contributed by atoms with Gasteiger partial charge in [-0.15, -0.1) is 0 Å². The molecule has 0 unspecified atom stereocenters. The van der Waals surface area contributed by atoms with Crippen molar-refractivity contribution >= 4 is 27.9 Å². The number of ether oxygens (including phenoxy) is 2. The van der Waals surface area contributed by atoms with Crippen LogP contribution in [0.25, 0.3) is 21.9 Å². The summed E-state index contributed by atoms with van der Waals surface area (Å²) in [6.07, 6.45) is 1.97. The summed E-state index contributed by atoms with van der Waals surface area (Å²) in [6.45, 7) is 2.00. The Morgan fingerprint density at radius 3 is 2.53 bits per heavy atom. The van der Waals surface area contributed by atoms with E-state index in [9.17, 15) is 14.4 Å². The first kappa shape index (κ1) is 21.2. The number of fused-ring (bicyclic) bond motifs is 2. The first-order chi connectivity index (χ1) is 16.5. The largest absolute Gasteiger partial charge is 0.460 e. The number of hydrogen-bond acceptors (Lipinski definition) is 7. The van der Waals surface area contributed by atoms with Gasteiger partial charge in [0.1, 0.15) is 34.5 Å². The first-order valence-corrected chi connectivity index (χ1v) is 10.6. The fourth-order valence-corrected chi connectivity index (χ4v) is 3.61. The summed E-state index contributed by atoms with van der Waals surface area (Å²) in [5.74, 6) is -0.140. The molecule has 0 N–H and O–H groups in total. The lowest BCUT2D eigenvalue weighted by atomic mass is 10.1. The lowest BCUT2D eigenvalue weighted by Crippen LogP contribution is -2.18. The van der Waals surface area contributed by atoms with Gasteiger partial charge in [-0.25, -0.2) is 9.59 Å². The van der Waals surface area contributed by atoms with Gasteiger partial charge in [0, 0.05) is 11.5 Å². The lowest BCUT2D eigenvalue weighted by Gasteiger charge is -2.10. The zero-order valence-corrected chi connectivity index (χ0v) is 18.1. The Kier molecular flexibility index (Phi) is 5.43. The molecular formula is C27H18O7. The van der Waals surface area contributed by atoms with Crippen molar-refractivity contribution in [2.75, 3.05) is 0 Å². The van der Waals surface area contributed by atoms with E-state index in [0.29, 0.717) is 16.7 Å². The highest BCUT2D eigenvalue weighted by Gasteiger charge is 2.17. The third-order valence-corrected chi connectivity index (χ3v) is 5.36. The topological polar surface area (TPSA) is 95.9 Å². The molecule has 0 atom stereocenters. The fourth-order valence-electron chi connectivity index (χ4n) is 3.61. The van der Waals surface area contributed by atoms with Gasteiger partial charge in [-0.05, 0) is 42.3 Å². The van der Waals surface area contributed by atoms with Crippen molar-refractivity contribution in [1.82, 2.24) is 0 Å². The third kappa shape index (κ3) is 3.95. The van der Waals surface area contributed by atoms with E-state index >= 15 is 0 Å². The van der Waals surface area contributed by atoms with Crippen molar-refractivity contribution in [2.24, 2.45) is 0 Å². The summed E-state index contributed by atoms with van der Waals surface area (Å²) in [4.78, 5) is 37.7. The highest BCUT2D eigenvalue weighted by atomic mass is 16.5. The summed E-state index contributed by atoms with van der Waals surface area (Å²) in [7, 11) is 0. The van der Waals surface area contributed by atoms with Crippen molar-refractivity contribution in [2.45, 2.75) is 13.3 Å². The second-order valence-electron chi connectivity index (χ2n) is 7.53. The number of aryl methyl sites for hydroxylation is 1. The maximum atomic E-state index is 12.9. The van der Waals surface area contributed by atoms with Gasteiger partial charge in [-0.3, -0.25) is 4.79 Å². The van der Waals surface area contributed by atoms with E-state index in [-0.39, 0.29) is 33.5 Å². The van der Waals surface area contributed by atoms with Crippen LogP contribution in [-0.4, -0.2) is 5.97 Å². The van der Waals surface area contributed by atoms with Gasteiger partial charge in [0.05, 0.1) is 5.39 Å². The Morgan fingerprint density at radius 2 is 1.68 bits per heavy atom. The Labute approximate surface area is 192 Å². The second kappa shape index (κ2) is 8.71. The molecule has 0 aliphatic heterocycles. The highest BCUT2D eigenvalue weighted by molar-refractivity contribution is 5.94. The monoisotopic (exact) mass is 454 g/mol. The van der Waals surface area contributed by atoms with Gasteiger partial charge in [-0.2, -0.15) is 0 Å². The zero-order chi connectivity index (χ0) is 23.7. The van der Waals surface area contributed by atoms with Crippen LogP contribution in [0.3, 0.4) is 0 Å². The number of carbonyl (C=O) groups excluding carboxylic acids is 1. The van der Waals surface area contributed by atoms with Gasteiger partial charge in [-0.1, -0.05) is 43.3 Å². The van der Waals surface area contributed by atoms with E-state index in [1.165, 1.54) is 30.5 Å². The summed E-state index contributed by atoms with van der Waals surface area (Å²) < 4.78 is 21.9. The van der Waals surface area contributed by atoms with Crippen LogP contribution in [0.2, 0.25) is 0 Å². The molecule has 2 heterocycles. The molecule has 7 nitrogen and oxygen atoms in total. The number of benzene rings is 3. The highest BCUT2D eigenvalue weighted by Crippen LogP contribution is 2.27. The standard InChI is InChI=1S/C27H18O7/c1-2-16-7-3-5-9-21(16)33-24-15-31-23-14-18(11-12-19(23)25(24)28)32-26(29)20-13-17-8-4-6-10-22(17)34-27(20)30/h3-15H,2H2,1H3. The minimum Gasteiger partial charge on any atom is -0.460 e. The minimum absolute atomic E-state index is 0.0481. The molecule has 0 saturated carbocycles. The molecular weight excluding hydrogens is 436 g/mol. The molecule has 3 aromatic carbocycles. The van der Waals surface area contributed by atoms with Crippen molar-refractivity contribution in [3.8, 4) is 17.2 Å². The van der Waals surface area contributed by atoms with Crippen molar-refractivity contribution in [3.63, 3.8) is 0 Å². The summed E-state index contributed by atoms with van der Waals surface area (Å²) in [6, 6.07) is 20.0. The number of esters is 1. The van der Waals surface area contributed by atoms with Crippen LogP contribution in [0.15, 0.2) is 97.5 Å². The van der Waals surface area contributed by atoms with Gasteiger partial charge in [0.25, 0.3) is 0 Å². The van der Waals surface area contributed by atoms with E-state index in [0.717, 1.165) is 12.0 Å². The first-order valence-electron chi connectivity index (χ1n) is 10.6. The van der Waals surface area contributed by atoms with Crippen LogP contribution in [0.1, 0.15) is 22.8 Å². The van der Waals surface area contributed by atoms with Gasteiger partial charge in [0.2, 0.25) is 11.2 Å². The second-order valence-corrected chi connectivity index (χ2v) is 7.53. The van der Waals surface area contributed by atoms with Crippen LogP contribution in [-0.2, 0) is 6.42 Å². The number of rotatable bonds is 5. The molecule has 2 aromatic heterocycles. The predicted octanol–water partition coefficient (Wildman–Crippen LogP) is 5.47. The molecule has 0 aliphatic rings. The van der Waals surface area contributed by atoms with Gasteiger partial charge >= 0.3 is 11.6 Å². The van der Waals surface area contributed by atoms with E-state index < -0.39 is 11.6 Å². The zero-order valence-electron chi connectivity index (χ0n) is 18.1. The SMILES string of the molecule is CCc1ccccc1Oc1coc2cc(OC(=O)c3cc4ccccc4oc3=O)ccc2c1=O. The quantitative estimate of drug-likeness (QED) is 0.197. The van der Waals surface area contributed by atoms with E-state index in [1.807, 2.05) is 25.1 Å². The molecule has 7 heteroatoms. The number of para-hydroxylation sites is 2. The number of hydrogen-bond donors (Lipinski definition) is 0. The molecule has 5 aromatic rings. The molecule has 0 saturated heterocycles. The third-order valence-electron chi connectivity index (χ3n) is 5.36. The smallest absolute Gasteiger partial charge is 0.351 e. The molecule has 5 rings (SSSR count). The molecule has 168 valence electrons. The van der Waals surface area contributed by atoms with E-state index in [1.54, 1.807) is 30.3 Å². The van der Waals surface area contributed by atoms with Crippen LogP contribution in [0, 0.1) is 0 Å². The number of carbonyl (C=O) groups is 1. The summed E-state index contributed by atoms with van der Waals surface area (Å²) >= 11 is 0. The van der Waals surface area contributed by atoms with Crippen molar-refractivity contribution in [3.05, 3.63) is 111 Å². The van der Waals surface area contributed by atoms with Crippen LogP contribution in [0.5, 0.6) is 17.2 Å². The van der Waals surface area contributed by atoms with Crippen LogP contribution in [0.4, 0.5) is 0 Å². The fraction of sp³-hybridized carbons (Fsp3) is 0.0741. The minimum atomic E-state index is -0.877. The Morgan fingerprint density at radius 1 is 0.882 bits per heavy atom. The van der Waals surface area contributed by atoms with Crippen LogP contribution < -0.4 is 20.5 Å². The average molecular weight is 454 g/mol. The van der Waals surface area contributed by atoms with Crippen molar-refractivity contribution in [1.29, 1.82) is 0 Å². The molecule has 0 aliphatic carbocycles. The van der Waals surface area contributed by atoms with Gasteiger partial charge in [0.15, 0.2) is 0 Å². The Hall–Kier alpha value is -4.65. The van der Waals surface area contributed by atoms with E-state index in [4.69, 9.17) is 18.3 Å². The Balaban J connectivity index is 1.43. The predicted molar refractivity (Wildman–Crippen MR) is 126 cm³/mol. The van der Waals surface area contributed by atoms with Crippen LogP contribution >= 0.6 is 0 Å². The normalized spacial score (nSPS) is 11.0. The molecule has 0 spiro atoms. The van der Waals surface area contributed by atoms with Gasteiger partial charge < -0.3 is 18.3 Å². The molecule has 0 amide bonds. The summed E-state index contributed by atoms with van der Waals surface area (Å²) in [5.41, 5.74) is 0.138. The Bertz CT molecular complexity index is 1660. The lowest BCUT2D eigenvalue weighted by molar-refractivity contribution is 0.0730. The maximum absolute atomic E-state index is 12.9. The van der Waals surface area contributed by atoms with Crippen molar-refractivity contribution < 1.29 is 23.1 Å². The molecule has 0 radical (unpaired) electrons. The average Bonchev–Trinajstić information content (AvgIpc) is 2.85. The molecule has 0 bridgehead atoms. The summed E-state index contributed by atoms with van der Waals surface area (Å²) in [5, 5.41) is 0.854. The maximum Gasteiger partial charge on any atom is 0.351 e. The molecule has 0 fully saturated rings.